The summed E-state index contributed by atoms with van der Waals surface area (Å²) in [7, 11) is 5.73. The van der Waals surface area contributed by atoms with E-state index in [1.807, 2.05) is 24.3 Å². The van der Waals surface area contributed by atoms with Gasteiger partial charge in [-0.2, -0.15) is 0 Å². The van der Waals surface area contributed by atoms with Crippen LogP contribution in [0.1, 0.15) is 132 Å². The number of aliphatic hydroxyl groups excluding tert-OH is 3. The number of phenolic OH excluding ortho intramolecular Hbond substituents is 1. The molecule has 0 radical (unpaired) electrons. The van der Waals surface area contributed by atoms with Gasteiger partial charge in [0.2, 0.25) is 34.5 Å². The van der Waals surface area contributed by atoms with Crippen molar-refractivity contribution < 1.29 is 81.8 Å². The molecule has 2 saturated heterocycles. The van der Waals surface area contributed by atoms with Gasteiger partial charge in [0, 0.05) is 154 Å². The zero-order valence-electron chi connectivity index (χ0n) is 59.6. The maximum absolute atomic E-state index is 15.2. The molecule has 538 valence electrons. The molecule has 5 aromatic rings. The number of likely N-dealkylation sites (tertiary alicyclic amines) is 1. The number of quaternary nitrogens is 1. The molecule has 7 N–H and O–H groups in total. The largest absolute Gasteiger partial charge is 0.507 e. The average molecular weight is 1380 g/mol. The molecule has 25 nitrogen and oxygen atoms in total. The standard InChI is InChI=1S/C75H95N7O18/c1-38-19-18-20-39(2)72(93)79-63-67(91)59-58(60-69(45(8)66(59)90)100-75(11,71(60)92)97-32-28-54(96-14)42(5)68(98-47(10)83)44(7)65(89)43(6)64(38)88)62-70(63)99-55-36-50(35-53(85)61(55)78-62)80-30-26-51(27-31-80)82(12,13)37-48-22-24-49(25-23-48)77-73(94)40(3)33-52(84)46(9)76-56(86)21-16-15-17-29-81-57(87)34-41(4)74(81)95/h18-20,22-25,28,32,35-36,38,40-44,46,51,54,64-65,68,88-89H,15-17,21,26-27,29-31,33-34,37H2,1-14H3,(H4-,76,77,78,79,85,86,90,91,92,93,94)/p+1/b19-18+,32-28+,39-20-/t38-,40?,41?,42+,43+,44+,46?,54-,64-,65+,68+,75-/m0/s1. The van der Waals surface area contributed by atoms with Crippen molar-refractivity contribution in [2.75, 3.05) is 56.4 Å². The number of benzene rings is 4. The minimum atomic E-state index is -2.04. The molecule has 3 unspecified atom stereocenters. The van der Waals surface area contributed by atoms with E-state index in [1.54, 1.807) is 66.7 Å². The normalized spacial score (nSPS) is 26.0. The minimum Gasteiger partial charge on any atom is -0.507 e. The van der Waals surface area contributed by atoms with Crippen LogP contribution in [0.15, 0.2) is 86.5 Å². The summed E-state index contributed by atoms with van der Waals surface area (Å²) in [4.78, 5) is 128. The second kappa shape index (κ2) is 30.8. The number of unbranched alkanes of at least 4 members (excludes halogenated alkanes) is 2. The lowest BCUT2D eigenvalue weighted by molar-refractivity contribution is -0.928. The van der Waals surface area contributed by atoms with Crippen LogP contribution >= 0.6 is 0 Å². The molecule has 0 saturated carbocycles. The van der Waals surface area contributed by atoms with Crippen molar-refractivity contribution >= 4 is 97.1 Å². The van der Waals surface area contributed by atoms with Gasteiger partial charge in [-0.1, -0.05) is 78.3 Å². The van der Waals surface area contributed by atoms with Gasteiger partial charge in [-0.05, 0) is 51.8 Å². The van der Waals surface area contributed by atoms with E-state index in [2.05, 4.69) is 34.9 Å². The van der Waals surface area contributed by atoms with Crippen LogP contribution in [0.2, 0.25) is 0 Å². The Kier molecular flexibility index (Phi) is 23.2. The molecule has 5 amide bonds. The van der Waals surface area contributed by atoms with Crippen LogP contribution in [-0.4, -0.2) is 159 Å². The zero-order valence-corrected chi connectivity index (χ0v) is 59.6. The van der Waals surface area contributed by atoms with Gasteiger partial charge in [-0.3, -0.25) is 48.1 Å². The third-order valence-electron chi connectivity index (χ3n) is 20.6. The van der Waals surface area contributed by atoms with Crippen molar-refractivity contribution in [2.24, 2.45) is 35.5 Å². The number of phenols is 1. The molecule has 2 fully saturated rings. The van der Waals surface area contributed by atoms with Gasteiger partial charge in [0.05, 0.1) is 61.4 Å². The highest BCUT2D eigenvalue weighted by atomic mass is 16.7. The van der Waals surface area contributed by atoms with Gasteiger partial charge in [0.1, 0.15) is 35.4 Å². The Hall–Kier alpha value is -9.04. The van der Waals surface area contributed by atoms with Crippen LogP contribution in [0.3, 0.4) is 0 Å². The first-order valence-corrected chi connectivity index (χ1v) is 34.4. The SMILES string of the molecule is CO[C@H]1/C=C/O[C@@]2(C)Oc3c(C)c(O)c4c(=O)c(c5oc6cc(N7CCC([N+](C)(C)Cc8ccc(NC(=O)C(C)CC(=O)C(C)NC(=O)CCCCCN9C(=O)CC(C)C9=O)cc8)CC7)cc(=O)c6nc5c4c3=C2O)NC(=O)/C(C)=C\C=C\[C@H](C)[C@H](O)[C@@H](C)[C@@H](O)[C@@H](C)[C@H](OC(C)=O)[C@@H]1C. The summed E-state index contributed by atoms with van der Waals surface area (Å²) in [5.74, 6) is -9.52. The van der Waals surface area contributed by atoms with E-state index in [9.17, 15) is 58.8 Å². The maximum Gasteiger partial charge on any atom is 0.307 e. The summed E-state index contributed by atoms with van der Waals surface area (Å²) in [6, 6.07) is 10.1. The number of esters is 1. The van der Waals surface area contributed by atoms with Gasteiger partial charge in [0.25, 0.3) is 5.91 Å². The van der Waals surface area contributed by atoms with Crippen LogP contribution in [0, 0.1) is 42.4 Å². The molecule has 0 spiro atoms. The number of aromatic hydroxyl groups is 1. The topological polar surface area (TPSA) is 340 Å². The highest BCUT2D eigenvalue weighted by Crippen LogP contribution is 2.43. The molecule has 1 aromatic heterocycles. The number of piperidine rings is 1. The smallest absolute Gasteiger partial charge is 0.307 e. The first kappa shape index (κ1) is 75.2. The molecular formula is C75H96N7O18+. The van der Waals surface area contributed by atoms with E-state index < -0.39 is 106 Å². The lowest BCUT2D eigenvalue weighted by Crippen LogP contribution is -2.53. The number of Topliss-reactive ketones (excluding diaryl/α,β-unsaturated/α-hetero) is 1. The van der Waals surface area contributed by atoms with Gasteiger partial charge in [-0.25, -0.2) is 4.98 Å². The average Bonchev–Trinajstić information content (AvgIpc) is 1.38. The number of rotatable bonds is 18. The van der Waals surface area contributed by atoms with Gasteiger partial charge >= 0.3 is 11.8 Å². The number of carbonyl (C=O) groups is 7. The van der Waals surface area contributed by atoms with Crippen LogP contribution < -0.4 is 41.7 Å². The Bertz CT molecular complexity index is 4290. The van der Waals surface area contributed by atoms with Crippen molar-refractivity contribution in [3.8, 4) is 11.5 Å². The molecule has 25 heteroatoms. The van der Waals surface area contributed by atoms with E-state index in [0.29, 0.717) is 61.3 Å². The Labute approximate surface area is 580 Å². The summed E-state index contributed by atoms with van der Waals surface area (Å²) in [5, 5.41) is 55.4. The number of allylic oxidation sites excluding steroid dienone is 2. The number of amides is 5. The van der Waals surface area contributed by atoms with Gasteiger partial charge in [-0.15, -0.1) is 0 Å². The molecule has 4 aliphatic rings. The van der Waals surface area contributed by atoms with Crippen molar-refractivity contribution in [3.05, 3.63) is 109 Å². The third-order valence-corrected chi connectivity index (χ3v) is 20.6. The number of ketones is 1. The highest BCUT2D eigenvalue weighted by molar-refractivity contribution is 6.17. The second-order valence-corrected chi connectivity index (χ2v) is 28.5. The van der Waals surface area contributed by atoms with Crippen LogP contribution in [0.4, 0.5) is 17.1 Å². The van der Waals surface area contributed by atoms with Crippen LogP contribution in [0.25, 0.3) is 38.7 Å². The van der Waals surface area contributed by atoms with Crippen LogP contribution in [0.5, 0.6) is 11.5 Å². The van der Waals surface area contributed by atoms with E-state index in [-0.39, 0.29) is 116 Å². The maximum atomic E-state index is 15.2. The third kappa shape index (κ3) is 15.9. The summed E-state index contributed by atoms with van der Waals surface area (Å²) in [6.07, 6.45) is 6.89. The Morgan fingerprint density at radius 2 is 1.57 bits per heavy atom. The van der Waals surface area contributed by atoms with E-state index >= 15 is 4.79 Å². The number of anilines is 3. The molecular weight excluding hydrogens is 1290 g/mol. The van der Waals surface area contributed by atoms with Gasteiger partial charge in [0.15, 0.2) is 28.2 Å². The monoisotopic (exact) mass is 1380 g/mol. The van der Waals surface area contributed by atoms with E-state index in [0.717, 1.165) is 18.4 Å². The fraction of sp³-hybridized carbons (Fsp3) is 0.520. The van der Waals surface area contributed by atoms with E-state index in [4.69, 9.17) is 28.3 Å². The number of methoxy groups -OCH3 is 1. The number of aromatic nitrogens is 1. The van der Waals surface area contributed by atoms with Crippen molar-refractivity contribution in [1.82, 2.24) is 15.2 Å². The zero-order chi connectivity index (χ0) is 73.1. The summed E-state index contributed by atoms with van der Waals surface area (Å²) < 4.78 is 31.5. The number of ether oxygens (including phenoxy) is 4. The number of aliphatic hydroxyl groups is 3. The number of fused-ring (bicyclic) bond motifs is 2. The lowest BCUT2D eigenvalue weighted by atomic mass is 9.78. The Morgan fingerprint density at radius 1 is 0.880 bits per heavy atom. The van der Waals surface area contributed by atoms with Crippen molar-refractivity contribution in [2.45, 2.75) is 176 Å². The van der Waals surface area contributed by atoms with E-state index in [1.165, 1.54) is 64.2 Å². The number of nitrogens with zero attached hydrogens (tertiary/aromatic N) is 4. The Morgan fingerprint density at radius 3 is 2.22 bits per heavy atom. The number of hydrogen-bond donors (Lipinski definition) is 7. The molecule has 4 aliphatic heterocycles. The van der Waals surface area contributed by atoms with Crippen molar-refractivity contribution in [1.29, 1.82) is 0 Å². The number of imide groups is 1. The molecule has 5 heterocycles. The van der Waals surface area contributed by atoms with Gasteiger partial charge < -0.3 is 69.1 Å². The Balaban J connectivity index is 0.921. The summed E-state index contributed by atoms with van der Waals surface area (Å²) in [6.45, 7) is 19.6. The van der Waals surface area contributed by atoms with Crippen molar-refractivity contribution in [3.63, 3.8) is 0 Å². The molecule has 12 atom stereocenters. The highest BCUT2D eigenvalue weighted by Gasteiger charge is 2.45. The first-order chi connectivity index (χ1) is 47.2. The summed E-state index contributed by atoms with van der Waals surface area (Å²) >= 11 is 0. The number of hydrogen-bond acceptors (Lipinski definition) is 20. The number of nitrogens with one attached hydrogen (secondary N) is 3. The second-order valence-electron chi connectivity index (χ2n) is 28.5. The quantitative estimate of drug-likeness (QED) is 0.0110. The summed E-state index contributed by atoms with van der Waals surface area (Å²) in [5.41, 5.74) is -0.292. The number of carbonyl (C=O) groups excluding carboxylic acids is 7. The molecule has 4 bridgehead atoms. The molecule has 4 aromatic carbocycles. The molecule has 0 aliphatic carbocycles. The molecule has 9 rings (SSSR count). The fourth-order valence-corrected chi connectivity index (χ4v) is 14.2. The van der Waals surface area contributed by atoms with Crippen LogP contribution in [-0.2, 0) is 54.3 Å². The lowest BCUT2D eigenvalue weighted by Gasteiger charge is -2.43. The minimum absolute atomic E-state index is 0.0214. The molecule has 100 heavy (non-hydrogen) atoms. The fourth-order valence-electron chi connectivity index (χ4n) is 14.2. The predicted molar refractivity (Wildman–Crippen MR) is 377 cm³/mol. The predicted octanol–water partition coefficient (Wildman–Crippen LogP) is 7.80. The first-order valence-electron chi connectivity index (χ1n) is 34.4.